The maximum Gasteiger partial charge on any atom is 0.317 e. The van der Waals surface area contributed by atoms with E-state index in [4.69, 9.17) is 5.73 Å². The van der Waals surface area contributed by atoms with Gasteiger partial charge < -0.3 is 16.0 Å². The third-order valence-corrected chi connectivity index (χ3v) is 5.82. The summed E-state index contributed by atoms with van der Waals surface area (Å²) < 4.78 is 13.3. The van der Waals surface area contributed by atoms with Crippen molar-refractivity contribution >= 4 is 6.03 Å². The van der Waals surface area contributed by atoms with Crippen LogP contribution in [0.15, 0.2) is 24.3 Å². The Morgan fingerprint density at radius 1 is 1.30 bits per heavy atom. The molecule has 2 amide bonds. The summed E-state index contributed by atoms with van der Waals surface area (Å²) in [4.78, 5) is 14.4. The largest absolute Gasteiger partial charge is 0.335 e. The van der Waals surface area contributed by atoms with Crippen molar-refractivity contribution in [2.45, 2.75) is 43.7 Å². The predicted octanol–water partition coefficient (Wildman–Crippen LogP) is 2.45. The lowest BCUT2D eigenvalue weighted by molar-refractivity contribution is 0.205. The Bertz CT molecular complexity index is 608. The molecule has 5 heteroatoms. The Morgan fingerprint density at radius 2 is 2.17 bits per heavy atom. The van der Waals surface area contributed by atoms with Crippen LogP contribution in [0.25, 0.3) is 0 Å². The van der Waals surface area contributed by atoms with Crippen LogP contribution in [0.4, 0.5) is 9.18 Å². The third kappa shape index (κ3) is 2.94. The van der Waals surface area contributed by atoms with Crippen LogP contribution in [0, 0.1) is 17.7 Å². The number of carbonyl (C=O) groups is 1. The van der Waals surface area contributed by atoms with Crippen molar-refractivity contribution < 1.29 is 9.18 Å². The molecule has 0 radical (unpaired) electrons. The van der Waals surface area contributed by atoms with E-state index in [1.165, 1.54) is 18.9 Å². The normalized spacial score (nSPS) is 35.7. The molecule has 4 rings (SSSR count). The minimum atomic E-state index is -0.211. The monoisotopic (exact) mass is 317 g/mol. The van der Waals surface area contributed by atoms with Crippen molar-refractivity contribution in [3.63, 3.8) is 0 Å². The quantitative estimate of drug-likeness (QED) is 0.880. The van der Waals surface area contributed by atoms with Crippen molar-refractivity contribution in [1.82, 2.24) is 10.2 Å². The smallest absolute Gasteiger partial charge is 0.317 e. The number of hydrogen-bond acceptors (Lipinski definition) is 2. The van der Waals surface area contributed by atoms with Crippen molar-refractivity contribution in [2.24, 2.45) is 17.6 Å². The summed E-state index contributed by atoms with van der Waals surface area (Å²) in [5.74, 6) is 1.08. The third-order valence-electron chi connectivity index (χ3n) is 5.82. The van der Waals surface area contributed by atoms with Crippen LogP contribution in [-0.2, 0) is 0 Å². The number of urea groups is 1. The molecule has 0 bridgehead atoms. The highest BCUT2D eigenvalue weighted by Gasteiger charge is 2.44. The number of benzene rings is 1. The number of nitrogens with one attached hydrogen (secondary N) is 1. The number of hydrogen-bond donors (Lipinski definition) is 2. The van der Waals surface area contributed by atoms with Gasteiger partial charge in [0, 0.05) is 31.1 Å². The molecule has 1 heterocycles. The highest BCUT2D eigenvalue weighted by Crippen LogP contribution is 2.41. The van der Waals surface area contributed by atoms with E-state index in [1.54, 1.807) is 12.1 Å². The Kier molecular flexibility index (Phi) is 3.76. The lowest BCUT2D eigenvalue weighted by atomic mass is 9.78. The molecule has 1 saturated heterocycles. The SMILES string of the molecule is NC1CCCC2CN(C(=O)N[C@@H]3C[C@H]3c3cccc(F)c3)CC12. The molecule has 3 unspecified atom stereocenters. The van der Waals surface area contributed by atoms with Crippen LogP contribution in [0.2, 0.25) is 0 Å². The number of likely N-dealkylation sites (tertiary alicyclic amines) is 1. The first kappa shape index (κ1) is 14.9. The number of amides is 2. The molecule has 4 nitrogen and oxygen atoms in total. The summed E-state index contributed by atoms with van der Waals surface area (Å²) in [5, 5.41) is 3.11. The van der Waals surface area contributed by atoms with Gasteiger partial charge in [-0.25, -0.2) is 9.18 Å². The molecule has 3 N–H and O–H groups in total. The van der Waals surface area contributed by atoms with Crippen LogP contribution < -0.4 is 11.1 Å². The highest BCUT2D eigenvalue weighted by atomic mass is 19.1. The van der Waals surface area contributed by atoms with E-state index in [0.717, 1.165) is 31.5 Å². The van der Waals surface area contributed by atoms with Crippen molar-refractivity contribution in [3.05, 3.63) is 35.6 Å². The first-order chi connectivity index (χ1) is 11.1. The van der Waals surface area contributed by atoms with Gasteiger partial charge in [-0.05, 0) is 48.8 Å². The predicted molar refractivity (Wildman–Crippen MR) is 86.5 cm³/mol. The summed E-state index contributed by atoms with van der Waals surface area (Å²) in [6.45, 7) is 1.62. The van der Waals surface area contributed by atoms with E-state index in [2.05, 4.69) is 5.32 Å². The topological polar surface area (TPSA) is 58.4 Å². The molecule has 0 aromatic heterocycles. The molecular weight excluding hydrogens is 293 g/mol. The number of nitrogens with zero attached hydrogens (tertiary/aromatic N) is 1. The highest BCUT2D eigenvalue weighted by molar-refractivity contribution is 5.75. The van der Waals surface area contributed by atoms with E-state index in [0.29, 0.717) is 11.8 Å². The van der Waals surface area contributed by atoms with Gasteiger partial charge in [-0.3, -0.25) is 0 Å². The van der Waals surface area contributed by atoms with Gasteiger partial charge >= 0.3 is 6.03 Å². The van der Waals surface area contributed by atoms with Gasteiger partial charge in [0.1, 0.15) is 5.82 Å². The van der Waals surface area contributed by atoms with Crippen LogP contribution in [0.5, 0.6) is 0 Å². The molecule has 23 heavy (non-hydrogen) atoms. The second-order valence-corrected chi connectivity index (χ2v) is 7.38. The van der Waals surface area contributed by atoms with Crippen LogP contribution in [0.3, 0.4) is 0 Å². The van der Waals surface area contributed by atoms with E-state index in [1.807, 2.05) is 11.0 Å². The first-order valence-corrected chi connectivity index (χ1v) is 8.68. The summed E-state index contributed by atoms with van der Waals surface area (Å²) in [7, 11) is 0. The molecule has 124 valence electrons. The number of nitrogens with two attached hydrogens (primary N) is 1. The summed E-state index contributed by atoms with van der Waals surface area (Å²) in [5.41, 5.74) is 7.19. The minimum absolute atomic E-state index is 0.0236. The zero-order chi connectivity index (χ0) is 16.0. The Hall–Kier alpha value is -1.62. The number of rotatable bonds is 2. The summed E-state index contributed by atoms with van der Waals surface area (Å²) >= 11 is 0. The van der Waals surface area contributed by atoms with Crippen LogP contribution in [0.1, 0.15) is 37.2 Å². The van der Waals surface area contributed by atoms with E-state index >= 15 is 0 Å². The van der Waals surface area contributed by atoms with Gasteiger partial charge in [0.25, 0.3) is 0 Å². The molecule has 0 spiro atoms. The molecular formula is C18H24FN3O. The molecule has 3 aliphatic rings. The fourth-order valence-electron chi connectivity index (χ4n) is 4.39. The van der Waals surface area contributed by atoms with Crippen molar-refractivity contribution in [1.29, 1.82) is 0 Å². The lowest BCUT2D eigenvalue weighted by Gasteiger charge is -2.29. The van der Waals surface area contributed by atoms with Gasteiger partial charge in [0.05, 0.1) is 0 Å². The Labute approximate surface area is 136 Å². The average molecular weight is 317 g/mol. The van der Waals surface area contributed by atoms with Crippen molar-refractivity contribution in [2.75, 3.05) is 13.1 Å². The molecule has 1 aromatic carbocycles. The molecule has 2 aliphatic carbocycles. The maximum atomic E-state index is 13.3. The van der Waals surface area contributed by atoms with Gasteiger partial charge in [0.2, 0.25) is 0 Å². The van der Waals surface area contributed by atoms with Gasteiger partial charge in [-0.1, -0.05) is 18.6 Å². The van der Waals surface area contributed by atoms with Gasteiger partial charge in [0.15, 0.2) is 0 Å². The summed E-state index contributed by atoms with van der Waals surface area (Å²) in [6.07, 6.45) is 4.36. The molecule has 1 aromatic rings. The Balaban J connectivity index is 1.33. The minimum Gasteiger partial charge on any atom is -0.335 e. The number of fused-ring (bicyclic) bond motifs is 1. The lowest BCUT2D eigenvalue weighted by Crippen LogP contribution is -2.41. The second-order valence-electron chi connectivity index (χ2n) is 7.38. The van der Waals surface area contributed by atoms with Crippen LogP contribution in [-0.4, -0.2) is 36.1 Å². The maximum absolute atomic E-state index is 13.3. The van der Waals surface area contributed by atoms with Crippen molar-refractivity contribution in [3.8, 4) is 0 Å². The van der Waals surface area contributed by atoms with E-state index < -0.39 is 0 Å². The zero-order valence-corrected chi connectivity index (χ0v) is 13.2. The molecule has 5 atom stereocenters. The molecule has 3 fully saturated rings. The first-order valence-electron chi connectivity index (χ1n) is 8.68. The standard InChI is InChI=1S/C18H24FN3O/c19-13-5-1-3-11(7-13)14-8-17(14)21-18(23)22-9-12-4-2-6-16(20)15(12)10-22/h1,3,5,7,12,14-17H,2,4,6,8-10,20H2,(H,21,23)/t12?,14-,15?,16?,17+/m0/s1. The molecule has 1 aliphatic heterocycles. The fourth-order valence-corrected chi connectivity index (χ4v) is 4.39. The average Bonchev–Trinajstić information content (AvgIpc) is 3.14. The van der Waals surface area contributed by atoms with Gasteiger partial charge in [-0.2, -0.15) is 0 Å². The van der Waals surface area contributed by atoms with Crippen LogP contribution >= 0.6 is 0 Å². The zero-order valence-electron chi connectivity index (χ0n) is 13.2. The van der Waals surface area contributed by atoms with Gasteiger partial charge in [-0.15, -0.1) is 0 Å². The number of halogens is 1. The molecule has 2 saturated carbocycles. The fraction of sp³-hybridized carbons (Fsp3) is 0.611. The number of carbonyl (C=O) groups excluding carboxylic acids is 1. The summed E-state index contributed by atoms with van der Waals surface area (Å²) in [6, 6.07) is 7.09. The Morgan fingerprint density at radius 3 is 2.96 bits per heavy atom. The second kappa shape index (κ2) is 5.78. The van der Waals surface area contributed by atoms with E-state index in [9.17, 15) is 9.18 Å². The van der Waals surface area contributed by atoms with E-state index in [-0.39, 0.29) is 29.8 Å².